The molecule has 0 aromatic heterocycles. The summed E-state index contributed by atoms with van der Waals surface area (Å²) in [6.45, 7) is 4.14. The molecule has 0 atom stereocenters. The fourth-order valence-corrected chi connectivity index (χ4v) is 3.56. The van der Waals surface area contributed by atoms with Crippen molar-refractivity contribution in [2.45, 2.75) is 25.3 Å². The van der Waals surface area contributed by atoms with E-state index in [1.54, 1.807) is 6.07 Å². The molecule has 2 aromatic rings. The van der Waals surface area contributed by atoms with Crippen molar-refractivity contribution in [2.24, 2.45) is 0 Å². The largest absolute Gasteiger partial charge is 0.495 e. The Bertz CT molecular complexity index is 944. The average molecular weight is 389 g/mol. The Labute approximate surface area is 159 Å². The van der Waals surface area contributed by atoms with Gasteiger partial charge in [-0.1, -0.05) is 35.4 Å². The normalized spacial score (nSPS) is 11.6. The van der Waals surface area contributed by atoms with Gasteiger partial charge in [-0.2, -0.15) is 0 Å². The summed E-state index contributed by atoms with van der Waals surface area (Å²) in [5.41, 5.74) is 3.66. The van der Waals surface area contributed by atoms with Gasteiger partial charge in [-0.15, -0.1) is 0 Å². The molecule has 0 saturated carbocycles. The lowest BCUT2D eigenvalue weighted by Gasteiger charge is -2.09. The summed E-state index contributed by atoms with van der Waals surface area (Å²) < 4.78 is 36.7. The van der Waals surface area contributed by atoms with Gasteiger partial charge in [0.1, 0.15) is 17.3 Å². The third-order valence-electron chi connectivity index (χ3n) is 3.82. The Morgan fingerprint density at radius 2 is 1.78 bits per heavy atom. The SMILES string of the molecule is CNS(=O)(=O)c1cc(/C=C/C(=O)OCc2cc(C)cc(C)c2)ccc1OC. The van der Waals surface area contributed by atoms with Gasteiger partial charge in [0, 0.05) is 6.08 Å². The lowest BCUT2D eigenvalue weighted by Crippen LogP contribution is -2.19. The van der Waals surface area contributed by atoms with E-state index in [0.29, 0.717) is 5.56 Å². The second-order valence-corrected chi connectivity index (χ2v) is 7.91. The summed E-state index contributed by atoms with van der Waals surface area (Å²) in [4.78, 5) is 12.0. The maximum absolute atomic E-state index is 12.1. The van der Waals surface area contributed by atoms with E-state index in [2.05, 4.69) is 4.72 Å². The number of nitrogens with one attached hydrogen (secondary N) is 1. The molecule has 2 aromatic carbocycles. The van der Waals surface area contributed by atoms with Gasteiger partial charge in [0.2, 0.25) is 10.0 Å². The number of benzene rings is 2. The van der Waals surface area contributed by atoms with Crippen molar-refractivity contribution >= 4 is 22.1 Å². The Kier molecular flexibility index (Phi) is 6.76. The van der Waals surface area contributed by atoms with Crippen LogP contribution in [0.1, 0.15) is 22.3 Å². The summed E-state index contributed by atoms with van der Waals surface area (Å²) in [5, 5.41) is 0. The number of esters is 1. The van der Waals surface area contributed by atoms with Crippen molar-refractivity contribution in [2.75, 3.05) is 14.2 Å². The van der Waals surface area contributed by atoms with Crippen LogP contribution in [0, 0.1) is 13.8 Å². The minimum absolute atomic E-state index is 0.00162. The molecule has 7 heteroatoms. The third-order valence-corrected chi connectivity index (χ3v) is 5.26. The highest BCUT2D eigenvalue weighted by molar-refractivity contribution is 7.89. The van der Waals surface area contributed by atoms with Gasteiger partial charge in [-0.3, -0.25) is 0 Å². The van der Waals surface area contributed by atoms with Crippen LogP contribution in [0.3, 0.4) is 0 Å². The van der Waals surface area contributed by atoms with Crippen molar-refractivity contribution in [3.63, 3.8) is 0 Å². The number of ether oxygens (including phenoxy) is 2. The first-order valence-electron chi connectivity index (χ1n) is 8.29. The van der Waals surface area contributed by atoms with Crippen molar-refractivity contribution in [3.8, 4) is 5.75 Å². The maximum Gasteiger partial charge on any atom is 0.331 e. The Balaban J connectivity index is 2.10. The molecule has 27 heavy (non-hydrogen) atoms. The number of hydrogen-bond donors (Lipinski definition) is 1. The highest BCUT2D eigenvalue weighted by Crippen LogP contribution is 2.25. The van der Waals surface area contributed by atoms with Gasteiger partial charge >= 0.3 is 5.97 Å². The van der Waals surface area contributed by atoms with Crippen molar-refractivity contribution in [1.29, 1.82) is 0 Å². The molecule has 0 aliphatic carbocycles. The van der Waals surface area contributed by atoms with Crippen LogP contribution >= 0.6 is 0 Å². The molecule has 0 aliphatic rings. The minimum Gasteiger partial charge on any atom is -0.495 e. The fourth-order valence-electron chi connectivity index (χ4n) is 2.64. The summed E-state index contributed by atoms with van der Waals surface area (Å²) in [6, 6.07) is 10.6. The van der Waals surface area contributed by atoms with E-state index in [0.717, 1.165) is 16.7 Å². The monoisotopic (exact) mass is 389 g/mol. The van der Waals surface area contributed by atoms with Crippen LogP contribution in [0.2, 0.25) is 0 Å². The van der Waals surface area contributed by atoms with Crippen LogP contribution in [-0.4, -0.2) is 28.5 Å². The highest BCUT2D eigenvalue weighted by Gasteiger charge is 2.17. The molecule has 0 aliphatic heterocycles. The van der Waals surface area contributed by atoms with E-state index in [9.17, 15) is 13.2 Å². The van der Waals surface area contributed by atoms with Gasteiger partial charge in [0.15, 0.2) is 0 Å². The molecule has 0 saturated heterocycles. The van der Waals surface area contributed by atoms with Gasteiger partial charge in [0.25, 0.3) is 0 Å². The molecular weight excluding hydrogens is 366 g/mol. The third kappa shape index (κ3) is 5.67. The first-order valence-corrected chi connectivity index (χ1v) is 9.77. The van der Waals surface area contributed by atoms with Crippen molar-refractivity contribution in [3.05, 3.63) is 64.7 Å². The fraction of sp³-hybridized carbons (Fsp3) is 0.250. The predicted octanol–water partition coefficient (Wildman–Crippen LogP) is 2.98. The van der Waals surface area contributed by atoms with Crippen LogP contribution in [0.15, 0.2) is 47.4 Å². The summed E-state index contributed by atoms with van der Waals surface area (Å²) in [5.74, 6) is -0.290. The topological polar surface area (TPSA) is 81.7 Å². The van der Waals surface area contributed by atoms with Gasteiger partial charge in [-0.05, 0) is 50.2 Å². The number of aryl methyl sites for hydroxylation is 2. The number of rotatable bonds is 7. The minimum atomic E-state index is -3.68. The Morgan fingerprint density at radius 3 is 2.37 bits per heavy atom. The standard InChI is InChI=1S/C20H23NO5S/c1-14-9-15(2)11-17(10-14)13-26-20(22)8-6-16-5-7-18(25-4)19(12-16)27(23,24)21-3/h5-12,21H,13H2,1-4H3/b8-6+. The maximum atomic E-state index is 12.1. The summed E-state index contributed by atoms with van der Waals surface area (Å²) in [6.07, 6.45) is 2.76. The van der Waals surface area contributed by atoms with E-state index in [1.165, 1.54) is 38.4 Å². The number of carbonyl (C=O) groups excluding carboxylic acids is 1. The smallest absolute Gasteiger partial charge is 0.331 e. The molecule has 0 unspecified atom stereocenters. The van der Waals surface area contributed by atoms with Gasteiger partial charge in [0.05, 0.1) is 7.11 Å². The second-order valence-electron chi connectivity index (χ2n) is 6.05. The molecule has 144 valence electrons. The molecule has 0 amide bonds. The van der Waals surface area contributed by atoms with E-state index >= 15 is 0 Å². The molecule has 0 heterocycles. The molecule has 2 rings (SSSR count). The van der Waals surface area contributed by atoms with E-state index < -0.39 is 16.0 Å². The second kappa shape index (κ2) is 8.83. The van der Waals surface area contributed by atoms with Crippen LogP contribution < -0.4 is 9.46 Å². The molecule has 6 nitrogen and oxygen atoms in total. The number of methoxy groups -OCH3 is 1. The molecular formula is C20H23NO5S. The highest BCUT2D eigenvalue weighted by atomic mass is 32.2. The summed E-state index contributed by atoms with van der Waals surface area (Å²) >= 11 is 0. The first kappa shape index (κ1) is 20.7. The zero-order chi connectivity index (χ0) is 20.0. The number of hydrogen-bond acceptors (Lipinski definition) is 5. The molecule has 0 bridgehead atoms. The van der Waals surface area contributed by atoms with E-state index in [-0.39, 0.29) is 17.3 Å². The molecule has 1 N–H and O–H groups in total. The van der Waals surface area contributed by atoms with Crippen molar-refractivity contribution < 1.29 is 22.7 Å². The molecule has 0 radical (unpaired) electrons. The zero-order valence-corrected chi connectivity index (χ0v) is 16.6. The van der Waals surface area contributed by atoms with Crippen LogP contribution in [-0.2, 0) is 26.2 Å². The van der Waals surface area contributed by atoms with Crippen LogP contribution in [0.25, 0.3) is 6.08 Å². The lowest BCUT2D eigenvalue weighted by molar-refractivity contribution is -0.138. The molecule has 0 fully saturated rings. The van der Waals surface area contributed by atoms with E-state index in [1.807, 2.05) is 32.0 Å². The first-order chi connectivity index (χ1) is 12.7. The van der Waals surface area contributed by atoms with Gasteiger partial charge < -0.3 is 9.47 Å². The van der Waals surface area contributed by atoms with Crippen LogP contribution in [0.4, 0.5) is 0 Å². The van der Waals surface area contributed by atoms with Gasteiger partial charge in [-0.25, -0.2) is 17.9 Å². The summed E-state index contributed by atoms with van der Waals surface area (Å²) in [7, 11) is -0.968. The zero-order valence-electron chi connectivity index (χ0n) is 15.8. The average Bonchev–Trinajstić information content (AvgIpc) is 2.63. The molecule has 0 spiro atoms. The Morgan fingerprint density at radius 1 is 1.11 bits per heavy atom. The van der Waals surface area contributed by atoms with Crippen LogP contribution in [0.5, 0.6) is 5.75 Å². The Hall–Kier alpha value is -2.64. The van der Waals surface area contributed by atoms with E-state index in [4.69, 9.17) is 9.47 Å². The van der Waals surface area contributed by atoms with Crippen molar-refractivity contribution in [1.82, 2.24) is 4.72 Å². The predicted molar refractivity (Wildman–Crippen MR) is 104 cm³/mol. The quantitative estimate of drug-likeness (QED) is 0.582. The number of sulfonamides is 1. The lowest BCUT2D eigenvalue weighted by atomic mass is 10.1. The number of carbonyl (C=O) groups is 1.